The van der Waals surface area contributed by atoms with Crippen molar-refractivity contribution >= 4 is 18.0 Å². The number of hydrogen-bond donors (Lipinski definition) is 1. The fraction of sp³-hybridized carbons (Fsp3) is 0.400. The van der Waals surface area contributed by atoms with Crippen LogP contribution in [0.5, 0.6) is 0 Å². The second-order valence-corrected chi connectivity index (χ2v) is 7.66. The third kappa shape index (κ3) is 5.26. The number of halogens is 1. The molecule has 1 fully saturated rings. The molecule has 0 spiro atoms. The molecule has 0 radical (unpaired) electrons. The molecule has 0 aliphatic carbocycles. The molecule has 0 atom stereocenters. The van der Waals surface area contributed by atoms with Crippen LogP contribution in [0.2, 0.25) is 0 Å². The van der Waals surface area contributed by atoms with Crippen LogP contribution in [-0.4, -0.2) is 28.4 Å². The second kappa shape index (κ2) is 10.2. The topological polar surface area (TPSA) is 32.0 Å². The molecule has 3 rings (SSSR count). The van der Waals surface area contributed by atoms with Crippen molar-refractivity contribution in [2.24, 2.45) is 0 Å². The van der Waals surface area contributed by atoms with Gasteiger partial charge in [-0.25, -0.2) is 4.39 Å². The van der Waals surface area contributed by atoms with Gasteiger partial charge in [0.2, 0.25) is 0 Å². The van der Waals surface area contributed by atoms with E-state index in [-0.39, 0.29) is 5.82 Å². The summed E-state index contributed by atoms with van der Waals surface area (Å²) in [6.45, 7) is 6.45. The van der Waals surface area contributed by atoms with E-state index in [1.165, 1.54) is 12.5 Å². The average molecular weight is 394 g/mol. The summed E-state index contributed by atoms with van der Waals surface area (Å²) >= 11 is 0. The zero-order valence-corrected chi connectivity index (χ0v) is 17.6. The fourth-order valence-electron chi connectivity index (χ4n) is 3.80. The van der Waals surface area contributed by atoms with Crippen molar-refractivity contribution < 1.29 is 4.39 Å². The minimum absolute atomic E-state index is 0.243. The van der Waals surface area contributed by atoms with Crippen LogP contribution in [0.1, 0.15) is 57.1 Å². The highest BCUT2D eigenvalue weighted by Crippen LogP contribution is 2.16. The quantitative estimate of drug-likeness (QED) is 0.572. The number of nitrogens with zero attached hydrogens (tertiary/aromatic N) is 2. The maximum absolute atomic E-state index is 14.9. The van der Waals surface area contributed by atoms with Crippen LogP contribution in [0, 0.1) is 11.2 Å². The van der Waals surface area contributed by atoms with Gasteiger partial charge < -0.3 is 9.47 Å². The molecule has 154 valence electrons. The van der Waals surface area contributed by atoms with E-state index in [4.69, 9.17) is 5.41 Å². The number of benzene rings is 1. The number of likely N-dealkylation sites (tertiary alicyclic amines) is 1. The summed E-state index contributed by atoms with van der Waals surface area (Å²) in [5, 5.41) is 10.7. The van der Waals surface area contributed by atoms with Gasteiger partial charge in [-0.3, -0.25) is 5.41 Å². The average Bonchev–Trinajstić information content (AvgIpc) is 3.14. The van der Waals surface area contributed by atoms with E-state index < -0.39 is 0 Å². The smallest absolute Gasteiger partial charge is 0.128 e. The number of amidine groups is 1. The predicted octanol–water partition coefficient (Wildman–Crippen LogP) is 4.42. The molecule has 3 nitrogen and oxygen atoms in total. The Bertz CT molecular complexity index is 978. The number of piperidine rings is 1. The second-order valence-electron chi connectivity index (χ2n) is 7.66. The summed E-state index contributed by atoms with van der Waals surface area (Å²) in [4.78, 5) is 2.06. The van der Waals surface area contributed by atoms with Gasteiger partial charge in [-0.1, -0.05) is 43.7 Å². The monoisotopic (exact) mass is 393 g/mol. The van der Waals surface area contributed by atoms with E-state index in [0.717, 1.165) is 49.3 Å². The SMILES string of the molecule is C/C=c1/ccn(Cc2ccc(C(=N)N3CCCCC3)cc2F)/c1=C/C=C\CCC. The van der Waals surface area contributed by atoms with E-state index in [0.29, 0.717) is 23.5 Å². The zero-order valence-electron chi connectivity index (χ0n) is 17.6. The summed E-state index contributed by atoms with van der Waals surface area (Å²) in [6, 6.07) is 7.30. The fourth-order valence-corrected chi connectivity index (χ4v) is 3.80. The van der Waals surface area contributed by atoms with Crippen molar-refractivity contribution in [3.05, 3.63) is 70.1 Å². The van der Waals surface area contributed by atoms with Gasteiger partial charge in [0.05, 0.1) is 6.54 Å². The van der Waals surface area contributed by atoms with Crippen LogP contribution in [0.25, 0.3) is 12.2 Å². The highest BCUT2D eigenvalue weighted by Gasteiger charge is 2.16. The molecular formula is C25H32FN3. The Morgan fingerprint density at radius 2 is 1.97 bits per heavy atom. The molecule has 4 heteroatoms. The van der Waals surface area contributed by atoms with Crippen molar-refractivity contribution in [2.45, 2.75) is 52.5 Å². The summed E-state index contributed by atoms with van der Waals surface area (Å²) in [6.07, 6.45) is 16.1. The van der Waals surface area contributed by atoms with Crippen molar-refractivity contribution in [1.82, 2.24) is 9.47 Å². The normalized spacial score (nSPS) is 16.2. The maximum Gasteiger partial charge on any atom is 0.128 e. The van der Waals surface area contributed by atoms with Gasteiger partial charge in [0.15, 0.2) is 0 Å². The Hall–Kier alpha value is -2.62. The van der Waals surface area contributed by atoms with Gasteiger partial charge in [0.1, 0.15) is 11.7 Å². The maximum atomic E-state index is 14.9. The Kier molecular flexibility index (Phi) is 7.45. The standard InChI is InChI=1S/C25H32FN3/c1-3-5-6-8-11-24-20(4-2)14-17-29(24)19-22-13-12-21(18-23(22)26)25(27)28-15-9-7-10-16-28/h4,6,8,11-14,17-18,27H,3,5,7,9-10,15-16,19H2,1-2H3/b8-6-,20-4-,24-11+,27-25?. The van der Waals surface area contributed by atoms with Crippen molar-refractivity contribution in [2.75, 3.05) is 13.1 Å². The lowest BCUT2D eigenvalue weighted by molar-refractivity contribution is 0.341. The number of nitrogens with one attached hydrogen (secondary N) is 1. The molecular weight excluding hydrogens is 361 g/mol. The van der Waals surface area contributed by atoms with Gasteiger partial charge >= 0.3 is 0 Å². The zero-order chi connectivity index (χ0) is 20.6. The predicted molar refractivity (Wildman–Crippen MR) is 120 cm³/mol. The molecule has 1 N–H and O–H groups in total. The van der Waals surface area contributed by atoms with E-state index in [2.05, 4.69) is 46.8 Å². The third-order valence-electron chi connectivity index (χ3n) is 5.54. The van der Waals surface area contributed by atoms with Crippen LogP contribution in [0.3, 0.4) is 0 Å². The van der Waals surface area contributed by atoms with Crippen LogP contribution >= 0.6 is 0 Å². The first-order valence-corrected chi connectivity index (χ1v) is 10.7. The lowest BCUT2D eigenvalue weighted by Gasteiger charge is -2.29. The number of aromatic nitrogens is 1. The van der Waals surface area contributed by atoms with Gasteiger partial charge in [0.25, 0.3) is 0 Å². The van der Waals surface area contributed by atoms with E-state index >= 15 is 0 Å². The molecule has 0 saturated carbocycles. The number of hydrogen-bond acceptors (Lipinski definition) is 1. The molecule has 0 bridgehead atoms. The lowest BCUT2D eigenvalue weighted by Crippen LogP contribution is -2.35. The van der Waals surface area contributed by atoms with Crippen LogP contribution in [0.4, 0.5) is 4.39 Å². The molecule has 1 aromatic carbocycles. The molecule has 29 heavy (non-hydrogen) atoms. The molecule has 1 aliphatic heterocycles. The van der Waals surface area contributed by atoms with E-state index in [1.54, 1.807) is 0 Å². The summed E-state index contributed by atoms with van der Waals surface area (Å²) in [5.74, 6) is 0.196. The first kappa shape index (κ1) is 21.1. The van der Waals surface area contributed by atoms with Crippen LogP contribution < -0.4 is 10.6 Å². The molecule has 0 unspecified atom stereocenters. The molecule has 1 saturated heterocycles. The number of unbranched alkanes of at least 4 members (excludes halogenated alkanes) is 1. The Morgan fingerprint density at radius 1 is 1.17 bits per heavy atom. The van der Waals surface area contributed by atoms with Gasteiger partial charge in [0, 0.05) is 35.8 Å². The highest BCUT2D eigenvalue weighted by molar-refractivity contribution is 5.96. The Labute approximate surface area is 173 Å². The van der Waals surface area contributed by atoms with E-state index in [9.17, 15) is 4.39 Å². The summed E-state index contributed by atoms with van der Waals surface area (Å²) < 4.78 is 17.0. The lowest BCUT2D eigenvalue weighted by atomic mass is 10.1. The number of allylic oxidation sites excluding steroid dienone is 2. The van der Waals surface area contributed by atoms with Crippen molar-refractivity contribution in [3.8, 4) is 0 Å². The summed E-state index contributed by atoms with van der Waals surface area (Å²) in [7, 11) is 0. The van der Waals surface area contributed by atoms with Gasteiger partial charge in [-0.2, -0.15) is 0 Å². The molecule has 2 aromatic rings. The number of rotatable bonds is 6. The molecule has 1 aromatic heterocycles. The highest BCUT2D eigenvalue weighted by atomic mass is 19.1. The third-order valence-corrected chi connectivity index (χ3v) is 5.54. The Balaban J connectivity index is 1.82. The van der Waals surface area contributed by atoms with Crippen LogP contribution in [0.15, 0.2) is 42.6 Å². The Morgan fingerprint density at radius 3 is 2.66 bits per heavy atom. The first-order valence-electron chi connectivity index (χ1n) is 10.7. The minimum Gasteiger partial charge on any atom is -0.357 e. The van der Waals surface area contributed by atoms with Crippen molar-refractivity contribution in [1.29, 1.82) is 5.41 Å². The minimum atomic E-state index is -0.243. The van der Waals surface area contributed by atoms with Gasteiger partial charge in [-0.05, 0) is 56.0 Å². The van der Waals surface area contributed by atoms with Crippen LogP contribution in [-0.2, 0) is 6.54 Å². The molecule has 0 amide bonds. The molecule has 2 heterocycles. The first-order chi connectivity index (χ1) is 14.1. The van der Waals surface area contributed by atoms with E-state index in [1.807, 2.05) is 25.3 Å². The van der Waals surface area contributed by atoms with Crippen molar-refractivity contribution in [3.63, 3.8) is 0 Å². The van der Waals surface area contributed by atoms with Gasteiger partial charge in [-0.15, -0.1) is 0 Å². The molecule has 1 aliphatic rings. The largest absolute Gasteiger partial charge is 0.357 e. The summed E-state index contributed by atoms with van der Waals surface area (Å²) in [5.41, 5.74) is 1.31.